The van der Waals surface area contributed by atoms with E-state index in [0.717, 1.165) is 0 Å². The molecule has 0 aliphatic heterocycles. The Balaban J connectivity index is -0.000000295. The van der Waals surface area contributed by atoms with Crippen LogP contribution in [0.5, 0.6) is 0 Å². The van der Waals surface area contributed by atoms with Crippen molar-refractivity contribution in [2.24, 2.45) is 0 Å². The van der Waals surface area contributed by atoms with Crippen molar-refractivity contribution in [3.63, 3.8) is 0 Å². The number of carbonyl (C=O) groups is 4. The smallest absolute Gasteiger partial charge is 0.547 e. The molecule has 0 aromatic heterocycles. The number of hydrogen-bond donors (Lipinski definition) is 4. The predicted octanol–water partition coefficient (Wildman–Crippen LogP) is -9.96. The maximum absolute atomic E-state index is 9.63. The average molecular weight is 415 g/mol. The molecule has 4 unspecified atom stereocenters. The second-order valence-corrected chi connectivity index (χ2v) is 3.06. The van der Waals surface area contributed by atoms with E-state index in [9.17, 15) is 39.6 Å². The molecule has 12 nitrogen and oxygen atoms in total. The van der Waals surface area contributed by atoms with Crippen molar-refractivity contribution in [3.8, 4) is 0 Å². The Morgan fingerprint density at radius 2 is 0.619 bits per heavy atom. The van der Waals surface area contributed by atoms with Crippen LogP contribution < -0.4 is 20.4 Å². The second kappa shape index (κ2) is 11.2. The van der Waals surface area contributed by atoms with Gasteiger partial charge >= 0.3 is 23.9 Å². The summed E-state index contributed by atoms with van der Waals surface area (Å²) in [6, 6.07) is 0. The molecule has 21 heavy (non-hydrogen) atoms. The summed E-state index contributed by atoms with van der Waals surface area (Å²) in [7, 11) is 0. The topological polar surface area (TPSA) is 241 Å². The van der Waals surface area contributed by atoms with Crippen molar-refractivity contribution < 1.29 is 60.0 Å². The van der Waals surface area contributed by atoms with Gasteiger partial charge in [-0.2, -0.15) is 0 Å². The van der Waals surface area contributed by atoms with Crippen LogP contribution in [-0.4, -0.2) is 92.6 Å². The van der Waals surface area contributed by atoms with Crippen molar-refractivity contribution in [1.29, 1.82) is 0 Å². The van der Waals surface area contributed by atoms with E-state index in [2.05, 4.69) is 0 Å². The molecule has 0 heterocycles. The summed E-state index contributed by atoms with van der Waals surface area (Å²) in [5.41, 5.74) is 0. The third-order valence-corrected chi connectivity index (χ3v) is 1.56. The predicted molar refractivity (Wildman–Crippen MR) is 49.8 cm³/mol. The largest absolute Gasteiger partial charge is 4.00 e. The Kier molecular flexibility index (Phi) is 13.1. The number of rotatable bonds is 6. The zero-order valence-electron chi connectivity index (χ0n) is 9.86. The fraction of sp³-hybridized carbons (Fsp3) is 0.500. The van der Waals surface area contributed by atoms with Gasteiger partial charge in [0.25, 0.3) is 0 Å². The zero-order valence-corrected chi connectivity index (χ0v) is 12.7. The number of aliphatic hydroxyl groups excluding tert-OH is 4. The van der Waals surface area contributed by atoms with E-state index in [0.29, 0.717) is 0 Å². The van der Waals surface area contributed by atoms with E-state index in [1.807, 2.05) is 0 Å². The summed E-state index contributed by atoms with van der Waals surface area (Å²) in [6.45, 7) is 0. The van der Waals surface area contributed by atoms with Gasteiger partial charge in [-0.15, -0.1) is 0 Å². The molecule has 13 heteroatoms. The van der Waals surface area contributed by atoms with Crippen molar-refractivity contribution in [2.75, 3.05) is 0 Å². The second-order valence-electron chi connectivity index (χ2n) is 3.06. The maximum Gasteiger partial charge on any atom is 4.00 e. The first-order valence-electron chi connectivity index (χ1n) is 4.49. The van der Waals surface area contributed by atoms with E-state index >= 15 is 0 Å². The van der Waals surface area contributed by atoms with Crippen molar-refractivity contribution in [2.45, 2.75) is 24.4 Å². The first-order valence-corrected chi connectivity index (χ1v) is 4.49. The Morgan fingerprint density at radius 1 is 0.524 bits per heavy atom. The van der Waals surface area contributed by atoms with Crippen LogP contribution in [0.25, 0.3) is 0 Å². The van der Waals surface area contributed by atoms with E-state index in [1.54, 1.807) is 0 Å². The molecule has 0 rings (SSSR count). The minimum Gasteiger partial charge on any atom is -0.547 e. The van der Waals surface area contributed by atoms with E-state index in [-0.39, 0.29) is 23.9 Å². The summed E-state index contributed by atoms with van der Waals surface area (Å²) in [6.07, 6.45) is -9.76. The third kappa shape index (κ3) is 9.96. The molecule has 0 aliphatic carbocycles. The molecule has 0 aromatic carbocycles. The number of carbonyl (C=O) groups excluding carboxylic acids is 4. The van der Waals surface area contributed by atoms with Crippen LogP contribution >= 0.6 is 0 Å². The molecule has 4 atom stereocenters. The number of aliphatic hydroxyl groups is 4. The molecule has 0 saturated carbocycles. The van der Waals surface area contributed by atoms with Gasteiger partial charge in [0.05, 0.1) is 23.9 Å². The van der Waals surface area contributed by atoms with Gasteiger partial charge in [-0.25, -0.2) is 0 Å². The zero-order chi connectivity index (χ0) is 16.6. The van der Waals surface area contributed by atoms with Gasteiger partial charge in [0.15, 0.2) is 0 Å². The quantitative estimate of drug-likeness (QED) is 0.296. The first-order chi connectivity index (χ1) is 8.93. The van der Waals surface area contributed by atoms with Crippen LogP contribution in [0, 0.1) is 0 Å². The van der Waals surface area contributed by atoms with Crippen LogP contribution in [0.1, 0.15) is 0 Å². The van der Waals surface area contributed by atoms with Crippen molar-refractivity contribution >= 4 is 47.8 Å². The molecule has 0 aromatic rings. The van der Waals surface area contributed by atoms with Crippen LogP contribution in [0.2, 0.25) is 0 Å². The van der Waals surface area contributed by atoms with E-state index < -0.39 is 48.3 Å². The minimum absolute atomic E-state index is 0. The van der Waals surface area contributed by atoms with E-state index in [4.69, 9.17) is 20.4 Å². The standard InChI is InChI=1S/2C4H6O6.Sn/c2*5-1(3(7)8)2(6)4(9)10;/h2*1-2,5-6H,(H,7,8)(H,9,10);/q;;+4/p-4. The third-order valence-electron chi connectivity index (χ3n) is 1.56. The summed E-state index contributed by atoms with van der Waals surface area (Å²) in [4.78, 5) is 38.5. The average Bonchev–Trinajstić information content (AvgIpc) is 2.35. The Hall–Kier alpha value is -1.48. The molecule has 0 radical (unpaired) electrons. The Labute approximate surface area is 132 Å². The molecule has 116 valence electrons. The summed E-state index contributed by atoms with van der Waals surface area (Å²) in [5, 5.41) is 71.5. The van der Waals surface area contributed by atoms with Gasteiger partial charge in [-0.05, 0) is 0 Å². The SMILES string of the molecule is O=C([O-])C(O)C(O)C(=O)[O-].O=C([O-])C(O)C(O)C(=O)[O-].[Sn+4]. The van der Waals surface area contributed by atoms with Gasteiger partial charge in [0.2, 0.25) is 0 Å². The van der Waals surface area contributed by atoms with Crippen molar-refractivity contribution in [3.05, 3.63) is 0 Å². The minimum atomic E-state index is -2.44. The monoisotopic (exact) mass is 416 g/mol. The molecule has 0 bridgehead atoms. The van der Waals surface area contributed by atoms with Crippen LogP contribution in [-0.2, 0) is 19.2 Å². The Bertz CT molecular complexity index is 309. The van der Waals surface area contributed by atoms with Gasteiger partial charge in [-0.1, -0.05) is 0 Å². The number of hydrogen-bond acceptors (Lipinski definition) is 12. The number of aliphatic carboxylic acids is 4. The molecule has 0 saturated heterocycles. The van der Waals surface area contributed by atoms with E-state index in [1.165, 1.54) is 0 Å². The summed E-state index contributed by atoms with van der Waals surface area (Å²) >= 11 is 0. The summed E-state index contributed by atoms with van der Waals surface area (Å²) < 4.78 is 0. The number of carboxylic acids is 4. The van der Waals surface area contributed by atoms with Gasteiger partial charge < -0.3 is 60.0 Å². The fourth-order valence-electron chi connectivity index (χ4n) is 0.516. The molecular formula is C8H8O12Sn. The fourth-order valence-corrected chi connectivity index (χ4v) is 0.516. The van der Waals surface area contributed by atoms with Gasteiger partial charge in [0.1, 0.15) is 24.4 Å². The van der Waals surface area contributed by atoms with Crippen molar-refractivity contribution in [1.82, 2.24) is 0 Å². The van der Waals surface area contributed by atoms with Gasteiger partial charge in [-0.3, -0.25) is 0 Å². The number of carboxylic acid groups (broad SMARTS) is 4. The Morgan fingerprint density at radius 3 is 0.667 bits per heavy atom. The van der Waals surface area contributed by atoms with Gasteiger partial charge in [0, 0.05) is 0 Å². The molecule has 4 N–H and O–H groups in total. The summed E-state index contributed by atoms with van der Waals surface area (Å²) in [5.74, 6) is -8.23. The normalized spacial score (nSPS) is 15.0. The van der Waals surface area contributed by atoms with Crippen LogP contribution in [0.4, 0.5) is 0 Å². The molecule has 0 fully saturated rings. The molecule has 0 spiro atoms. The van der Waals surface area contributed by atoms with Crippen LogP contribution in [0.15, 0.2) is 0 Å². The first kappa shape index (κ1) is 24.5. The molecule has 0 amide bonds. The maximum atomic E-state index is 9.63. The molecular weight excluding hydrogens is 407 g/mol. The molecule has 0 aliphatic rings. The van der Waals surface area contributed by atoms with Crippen LogP contribution in [0.3, 0.4) is 0 Å².